The number of halogens is 1. The Morgan fingerprint density at radius 2 is 2.17 bits per heavy atom. The first-order valence-electron chi connectivity index (χ1n) is 3.11. The van der Waals surface area contributed by atoms with Crippen molar-refractivity contribution in [3.05, 3.63) is 22.9 Å². The van der Waals surface area contributed by atoms with Crippen LogP contribution in [0.25, 0.3) is 0 Å². The first-order valence-corrected chi connectivity index (χ1v) is 5.39. The van der Waals surface area contributed by atoms with E-state index >= 15 is 0 Å². The van der Waals surface area contributed by atoms with Gasteiger partial charge in [0, 0.05) is 6.20 Å². The summed E-state index contributed by atoms with van der Waals surface area (Å²) in [5, 5.41) is 0. The SMILES string of the molecule is CNS(=O)(=O)c1ccc(Br)nc1. The second-order valence-electron chi connectivity index (χ2n) is 2.02. The highest BCUT2D eigenvalue weighted by Gasteiger charge is 2.10. The Morgan fingerprint density at radius 1 is 1.50 bits per heavy atom. The van der Waals surface area contributed by atoms with Gasteiger partial charge in [-0.1, -0.05) is 0 Å². The number of sulfonamides is 1. The van der Waals surface area contributed by atoms with Gasteiger partial charge in [-0.3, -0.25) is 0 Å². The van der Waals surface area contributed by atoms with Crippen LogP contribution in [0.15, 0.2) is 27.8 Å². The zero-order chi connectivity index (χ0) is 9.19. The van der Waals surface area contributed by atoms with E-state index in [1.165, 1.54) is 19.3 Å². The average molecular weight is 251 g/mol. The number of nitrogens with one attached hydrogen (secondary N) is 1. The molecule has 0 spiro atoms. The topological polar surface area (TPSA) is 59.1 Å². The zero-order valence-electron chi connectivity index (χ0n) is 6.28. The zero-order valence-corrected chi connectivity index (χ0v) is 8.68. The van der Waals surface area contributed by atoms with E-state index in [9.17, 15) is 8.42 Å². The lowest BCUT2D eigenvalue weighted by Crippen LogP contribution is -2.18. The lowest BCUT2D eigenvalue weighted by molar-refractivity contribution is 0.588. The van der Waals surface area contributed by atoms with Gasteiger partial charge in [-0.2, -0.15) is 0 Å². The molecular weight excluding hydrogens is 244 g/mol. The third kappa shape index (κ3) is 2.02. The summed E-state index contributed by atoms with van der Waals surface area (Å²) in [7, 11) is -1.99. The smallest absolute Gasteiger partial charge is 0.241 e. The summed E-state index contributed by atoms with van der Waals surface area (Å²) >= 11 is 3.11. The first-order chi connectivity index (χ1) is 5.56. The molecule has 1 N–H and O–H groups in total. The van der Waals surface area contributed by atoms with Gasteiger partial charge in [0.2, 0.25) is 10.0 Å². The fourth-order valence-electron chi connectivity index (χ4n) is 0.639. The molecule has 0 aliphatic carbocycles. The molecule has 0 atom stereocenters. The molecule has 0 bridgehead atoms. The van der Waals surface area contributed by atoms with Crippen LogP contribution >= 0.6 is 15.9 Å². The predicted octanol–water partition coefficient (Wildman–Crippen LogP) is 0.752. The molecule has 1 aromatic heterocycles. The maximum atomic E-state index is 11.1. The van der Waals surface area contributed by atoms with Crippen molar-refractivity contribution in [3.8, 4) is 0 Å². The molecule has 0 aliphatic heterocycles. The molecule has 12 heavy (non-hydrogen) atoms. The van der Waals surface area contributed by atoms with Crippen LogP contribution in [0.2, 0.25) is 0 Å². The molecule has 1 aromatic rings. The lowest BCUT2D eigenvalue weighted by atomic mass is 10.5. The van der Waals surface area contributed by atoms with Crippen LogP contribution in [0.3, 0.4) is 0 Å². The minimum absolute atomic E-state index is 0.160. The van der Waals surface area contributed by atoms with Crippen molar-refractivity contribution in [2.45, 2.75) is 4.90 Å². The molecule has 0 fully saturated rings. The molecule has 0 aliphatic rings. The normalized spacial score (nSPS) is 11.5. The predicted molar refractivity (Wildman–Crippen MR) is 48.2 cm³/mol. The van der Waals surface area contributed by atoms with E-state index in [1.54, 1.807) is 6.07 Å². The summed E-state index contributed by atoms with van der Waals surface area (Å²) in [6.45, 7) is 0. The lowest BCUT2D eigenvalue weighted by Gasteiger charge is -2.00. The van der Waals surface area contributed by atoms with E-state index in [0.29, 0.717) is 4.60 Å². The monoisotopic (exact) mass is 250 g/mol. The van der Waals surface area contributed by atoms with E-state index in [2.05, 4.69) is 25.6 Å². The maximum absolute atomic E-state index is 11.1. The number of aromatic nitrogens is 1. The molecule has 0 aromatic carbocycles. The second kappa shape index (κ2) is 3.51. The van der Waals surface area contributed by atoms with Gasteiger partial charge in [0.05, 0.1) is 0 Å². The highest BCUT2D eigenvalue weighted by atomic mass is 79.9. The quantitative estimate of drug-likeness (QED) is 0.789. The average Bonchev–Trinajstić information content (AvgIpc) is 2.05. The van der Waals surface area contributed by atoms with Crippen LogP contribution in [0.5, 0.6) is 0 Å². The van der Waals surface area contributed by atoms with Gasteiger partial charge in [0.1, 0.15) is 9.50 Å². The van der Waals surface area contributed by atoms with Crippen LogP contribution < -0.4 is 4.72 Å². The Bertz CT molecular complexity index is 360. The number of pyridine rings is 1. The maximum Gasteiger partial charge on any atom is 0.241 e. The van der Waals surface area contributed by atoms with E-state index < -0.39 is 10.0 Å². The molecule has 1 rings (SSSR count). The Balaban J connectivity index is 3.14. The third-order valence-corrected chi connectivity index (χ3v) is 3.15. The Hall–Kier alpha value is -0.460. The van der Waals surface area contributed by atoms with Crippen LogP contribution in [-0.4, -0.2) is 20.4 Å². The fourth-order valence-corrected chi connectivity index (χ4v) is 1.55. The van der Waals surface area contributed by atoms with Gasteiger partial charge >= 0.3 is 0 Å². The van der Waals surface area contributed by atoms with Crippen LogP contribution in [0, 0.1) is 0 Å². The molecule has 66 valence electrons. The first kappa shape index (κ1) is 9.63. The molecule has 0 unspecified atom stereocenters. The molecule has 6 heteroatoms. The summed E-state index contributed by atoms with van der Waals surface area (Å²) in [6.07, 6.45) is 1.29. The van der Waals surface area contributed by atoms with Crippen molar-refractivity contribution >= 4 is 26.0 Å². The Morgan fingerprint density at radius 3 is 2.58 bits per heavy atom. The van der Waals surface area contributed by atoms with E-state index in [4.69, 9.17) is 0 Å². The van der Waals surface area contributed by atoms with E-state index in [0.717, 1.165) is 0 Å². The van der Waals surface area contributed by atoms with Gasteiger partial charge in [-0.15, -0.1) is 0 Å². The van der Waals surface area contributed by atoms with E-state index in [-0.39, 0.29) is 4.90 Å². The molecule has 0 saturated heterocycles. The summed E-state index contributed by atoms with van der Waals surface area (Å²) in [4.78, 5) is 3.95. The standard InChI is InChI=1S/C6H7BrN2O2S/c1-8-12(10,11)5-2-3-6(7)9-4-5/h2-4,8H,1H3. The number of hydrogen-bond acceptors (Lipinski definition) is 3. The molecule has 0 saturated carbocycles. The summed E-state index contributed by atoms with van der Waals surface area (Å²) in [5.41, 5.74) is 0. The van der Waals surface area contributed by atoms with Gasteiger partial charge in [-0.05, 0) is 35.1 Å². The summed E-state index contributed by atoms with van der Waals surface area (Å²) < 4.78 is 25.1. The van der Waals surface area contributed by atoms with Crippen molar-refractivity contribution in [2.75, 3.05) is 7.05 Å². The van der Waals surface area contributed by atoms with Crippen molar-refractivity contribution < 1.29 is 8.42 Å². The molecule has 1 heterocycles. The number of nitrogens with zero attached hydrogens (tertiary/aromatic N) is 1. The van der Waals surface area contributed by atoms with E-state index in [1.807, 2.05) is 0 Å². The van der Waals surface area contributed by atoms with Crippen LogP contribution in [-0.2, 0) is 10.0 Å². The minimum atomic E-state index is -3.35. The number of rotatable bonds is 2. The largest absolute Gasteiger partial charge is 0.248 e. The minimum Gasteiger partial charge on any atom is -0.248 e. The fraction of sp³-hybridized carbons (Fsp3) is 0.167. The van der Waals surface area contributed by atoms with Crippen molar-refractivity contribution in [2.24, 2.45) is 0 Å². The van der Waals surface area contributed by atoms with Crippen LogP contribution in [0.4, 0.5) is 0 Å². The highest BCUT2D eigenvalue weighted by molar-refractivity contribution is 9.10. The molecule has 0 amide bonds. The van der Waals surface area contributed by atoms with Gasteiger partial charge in [-0.25, -0.2) is 18.1 Å². The van der Waals surface area contributed by atoms with Gasteiger partial charge in [0.15, 0.2) is 0 Å². The second-order valence-corrected chi connectivity index (χ2v) is 4.72. The number of hydrogen-bond donors (Lipinski definition) is 1. The summed E-state index contributed by atoms with van der Waals surface area (Å²) in [6, 6.07) is 3.05. The van der Waals surface area contributed by atoms with Crippen molar-refractivity contribution in [3.63, 3.8) is 0 Å². The molecular formula is C6H7BrN2O2S. The summed E-state index contributed by atoms with van der Waals surface area (Å²) in [5.74, 6) is 0. The molecule has 4 nitrogen and oxygen atoms in total. The third-order valence-electron chi connectivity index (χ3n) is 1.28. The molecule has 0 radical (unpaired) electrons. The highest BCUT2D eigenvalue weighted by Crippen LogP contribution is 2.10. The Kier molecular flexibility index (Phi) is 2.81. The van der Waals surface area contributed by atoms with Gasteiger partial charge in [0.25, 0.3) is 0 Å². The van der Waals surface area contributed by atoms with Gasteiger partial charge < -0.3 is 0 Å². The van der Waals surface area contributed by atoms with Crippen molar-refractivity contribution in [1.82, 2.24) is 9.71 Å². The Labute approximate surface area is 79.2 Å². The van der Waals surface area contributed by atoms with Crippen molar-refractivity contribution in [1.29, 1.82) is 0 Å². The van der Waals surface area contributed by atoms with Crippen LogP contribution in [0.1, 0.15) is 0 Å².